The first-order valence-electron chi connectivity index (χ1n) is 8.44. The van der Waals surface area contributed by atoms with E-state index in [4.69, 9.17) is 23.2 Å². The summed E-state index contributed by atoms with van der Waals surface area (Å²) >= 11 is 11.9. The number of anilines is 1. The van der Waals surface area contributed by atoms with Gasteiger partial charge >= 0.3 is 0 Å². The molecule has 0 radical (unpaired) electrons. The number of rotatable bonds is 5. The topological polar surface area (TPSA) is 88.5 Å². The minimum atomic E-state index is -0.441. The molecule has 0 saturated heterocycles. The van der Waals surface area contributed by atoms with Crippen molar-refractivity contribution in [2.75, 3.05) is 5.32 Å². The van der Waals surface area contributed by atoms with E-state index in [-0.39, 0.29) is 17.5 Å². The van der Waals surface area contributed by atoms with Gasteiger partial charge in [0.2, 0.25) is 5.95 Å². The minimum absolute atomic E-state index is 0.141. The van der Waals surface area contributed by atoms with E-state index in [9.17, 15) is 9.18 Å². The van der Waals surface area contributed by atoms with Crippen LogP contribution in [0.5, 0.6) is 0 Å². The van der Waals surface area contributed by atoms with Gasteiger partial charge in [0.1, 0.15) is 17.8 Å². The largest absolute Gasteiger partial charge is 0.288 e. The number of aromatic amines is 1. The highest BCUT2D eigenvalue weighted by Gasteiger charge is 2.14. The first kappa shape index (κ1) is 19.1. The highest BCUT2D eigenvalue weighted by atomic mass is 35.5. The Morgan fingerprint density at radius 1 is 1.10 bits per heavy atom. The number of carbonyl (C=O) groups is 1. The molecule has 0 atom stereocenters. The van der Waals surface area contributed by atoms with E-state index in [0.717, 1.165) is 11.1 Å². The normalized spacial score (nSPS) is 10.9. The predicted octanol–water partition coefficient (Wildman–Crippen LogP) is 4.41. The Kier molecular flexibility index (Phi) is 5.28. The summed E-state index contributed by atoms with van der Waals surface area (Å²) in [7, 11) is 0. The van der Waals surface area contributed by atoms with Gasteiger partial charge in [-0.15, -0.1) is 5.10 Å². The average Bonchev–Trinajstić information content (AvgIpc) is 3.36. The fourth-order valence-corrected chi connectivity index (χ4v) is 2.91. The molecular weight excluding hydrogens is 418 g/mol. The van der Waals surface area contributed by atoms with Crippen LogP contribution in [0.2, 0.25) is 10.0 Å². The third kappa shape index (κ3) is 4.44. The van der Waals surface area contributed by atoms with Gasteiger partial charge in [0.15, 0.2) is 0 Å². The van der Waals surface area contributed by atoms with Crippen molar-refractivity contribution in [1.82, 2.24) is 25.0 Å². The van der Waals surface area contributed by atoms with Crippen molar-refractivity contribution in [3.05, 3.63) is 82.0 Å². The summed E-state index contributed by atoms with van der Waals surface area (Å²) in [5, 5.41) is 14.4. The maximum atomic E-state index is 13.0. The molecule has 4 aromatic rings. The molecule has 146 valence electrons. The Hall–Kier alpha value is -3.23. The molecule has 0 unspecified atom stereocenters. The molecule has 29 heavy (non-hydrogen) atoms. The summed E-state index contributed by atoms with van der Waals surface area (Å²) < 4.78 is 14.5. The number of hydrogen-bond acceptors (Lipinski definition) is 4. The Morgan fingerprint density at radius 2 is 1.90 bits per heavy atom. The maximum absolute atomic E-state index is 13.0. The Bertz CT molecular complexity index is 1170. The van der Waals surface area contributed by atoms with Crippen molar-refractivity contribution in [1.29, 1.82) is 0 Å². The lowest BCUT2D eigenvalue weighted by Crippen LogP contribution is -2.14. The molecule has 2 aromatic heterocycles. The van der Waals surface area contributed by atoms with Crippen molar-refractivity contribution in [3.8, 4) is 11.3 Å². The number of H-pyrrole nitrogens is 1. The second-order valence-corrected chi connectivity index (χ2v) is 6.96. The number of halogens is 3. The number of aromatic nitrogens is 5. The predicted molar refractivity (Wildman–Crippen MR) is 108 cm³/mol. The first-order valence-corrected chi connectivity index (χ1v) is 9.19. The smallest absolute Gasteiger partial charge is 0.276 e. The van der Waals surface area contributed by atoms with Gasteiger partial charge in [0.25, 0.3) is 5.91 Å². The number of nitrogens with zero attached hydrogens (tertiary/aromatic N) is 4. The number of hydrogen-bond donors (Lipinski definition) is 2. The number of nitrogens with one attached hydrogen (secondary N) is 2. The maximum Gasteiger partial charge on any atom is 0.276 e. The van der Waals surface area contributed by atoms with Crippen molar-refractivity contribution >= 4 is 35.1 Å². The lowest BCUT2D eigenvalue weighted by molar-refractivity contribution is 0.102. The second kappa shape index (κ2) is 8.02. The van der Waals surface area contributed by atoms with Gasteiger partial charge in [0.05, 0.1) is 22.3 Å². The van der Waals surface area contributed by atoms with E-state index < -0.39 is 5.91 Å². The van der Waals surface area contributed by atoms with Gasteiger partial charge in [-0.2, -0.15) is 5.10 Å². The zero-order chi connectivity index (χ0) is 20.4. The molecule has 0 spiro atoms. The molecule has 4 rings (SSSR count). The molecule has 2 N–H and O–H groups in total. The van der Waals surface area contributed by atoms with E-state index in [1.807, 2.05) is 0 Å². The Morgan fingerprint density at radius 3 is 2.66 bits per heavy atom. The van der Waals surface area contributed by atoms with Crippen LogP contribution in [0.15, 0.2) is 54.9 Å². The molecule has 0 aliphatic rings. The van der Waals surface area contributed by atoms with Crippen LogP contribution in [-0.2, 0) is 6.54 Å². The zero-order valence-corrected chi connectivity index (χ0v) is 16.2. The van der Waals surface area contributed by atoms with Crippen LogP contribution in [0, 0.1) is 5.82 Å². The molecular formula is C19H13Cl2FN6O. The summed E-state index contributed by atoms with van der Waals surface area (Å²) in [6, 6.07) is 12.7. The summed E-state index contributed by atoms with van der Waals surface area (Å²) in [5.41, 5.74) is 2.36. The van der Waals surface area contributed by atoms with Crippen LogP contribution in [0.1, 0.15) is 16.1 Å². The van der Waals surface area contributed by atoms with Gasteiger partial charge in [-0.3, -0.25) is 15.2 Å². The van der Waals surface area contributed by atoms with E-state index in [1.165, 1.54) is 23.1 Å². The standard InChI is InChI=1S/C19H13Cl2FN6O/c20-14-6-3-12(7-15(14)21)16-8-17(26-25-16)18(29)24-19-23-10-28(27-19)9-11-1-4-13(22)5-2-11/h1-8,10H,9H2,(H,25,26)(H,24,27,29). The zero-order valence-electron chi connectivity index (χ0n) is 14.7. The Balaban J connectivity index is 1.43. The van der Waals surface area contributed by atoms with Crippen LogP contribution >= 0.6 is 23.2 Å². The lowest BCUT2D eigenvalue weighted by atomic mass is 10.1. The molecule has 7 nitrogen and oxygen atoms in total. The first-order chi connectivity index (χ1) is 14.0. The van der Waals surface area contributed by atoms with E-state index in [2.05, 4.69) is 25.6 Å². The van der Waals surface area contributed by atoms with E-state index in [0.29, 0.717) is 22.3 Å². The molecule has 0 bridgehead atoms. The van der Waals surface area contributed by atoms with Crippen LogP contribution < -0.4 is 5.32 Å². The molecule has 10 heteroatoms. The lowest BCUT2D eigenvalue weighted by Gasteiger charge is -2.01. The van der Waals surface area contributed by atoms with Crippen LogP contribution in [0.3, 0.4) is 0 Å². The fraction of sp³-hybridized carbons (Fsp3) is 0.0526. The molecule has 0 fully saturated rings. The van der Waals surface area contributed by atoms with Crippen molar-refractivity contribution < 1.29 is 9.18 Å². The minimum Gasteiger partial charge on any atom is -0.288 e. The quantitative estimate of drug-likeness (QED) is 0.490. The SMILES string of the molecule is O=C(Nc1ncn(Cc2ccc(F)cc2)n1)c1cc(-c2ccc(Cl)c(Cl)c2)n[nH]1. The summed E-state index contributed by atoms with van der Waals surface area (Å²) in [5.74, 6) is -0.605. The summed E-state index contributed by atoms with van der Waals surface area (Å²) in [6.45, 7) is 0.398. The van der Waals surface area contributed by atoms with Gasteiger partial charge in [-0.05, 0) is 35.9 Å². The Labute approximate surface area is 174 Å². The number of benzene rings is 2. The molecule has 2 heterocycles. The highest BCUT2D eigenvalue weighted by molar-refractivity contribution is 6.42. The molecule has 0 aliphatic heterocycles. The van der Waals surface area contributed by atoms with Crippen LogP contribution in [-0.4, -0.2) is 30.9 Å². The van der Waals surface area contributed by atoms with Crippen LogP contribution in [0.25, 0.3) is 11.3 Å². The van der Waals surface area contributed by atoms with Crippen molar-refractivity contribution in [2.24, 2.45) is 0 Å². The highest BCUT2D eigenvalue weighted by Crippen LogP contribution is 2.27. The van der Waals surface area contributed by atoms with Gasteiger partial charge in [0, 0.05) is 5.56 Å². The third-order valence-corrected chi connectivity index (χ3v) is 4.80. The summed E-state index contributed by atoms with van der Waals surface area (Å²) in [4.78, 5) is 16.5. The van der Waals surface area contributed by atoms with Crippen molar-refractivity contribution in [2.45, 2.75) is 6.54 Å². The van der Waals surface area contributed by atoms with Crippen molar-refractivity contribution in [3.63, 3.8) is 0 Å². The fourth-order valence-electron chi connectivity index (χ4n) is 2.62. The molecule has 0 saturated carbocycles. The third-order valence-electron chi connectivity index (χ3n) is 4.06. The number of amides is 1. The number of carbonyl (C=O) groups excluding carboxylic acids is 1. The van der Waals surface area contributed by atoms with Crippen LogP contribution in [0.4, 0.5) is 10.3 Å². The van der Waals surface area contributed by atoms with E-state index >= 15 is 0 Å². The molecule has 0 aliphatic carbocycles. The average molecular weight is 431 g/mol. The van der Waals surface area contributed by atoms with Gasteiger partial charge < -0.3 is 0 Å². The van der Waals surface area contributed by atoms with Gasteiger partial charge in [-0.1, -0.05) is 41.4 Å². The van der Waals surface area contributed by atoms with E-state index in [1.54, 1.807) is 36.4 Å². The summed E-state index contributed by atoms with van der Waals surface area (Å²) in [6.07, 6.45) is 1.48. The molecule has 2 aromatic carbocycles. The second-order valence-electron chi connectivity index (χ2n) is 6.14. The monoisotopic (exact) mass is 430 g/mol. The van der Waals surface area contributed by atoms with Gasteiger partial charge in [-0.25, -0.2) is 14.1 Å². The molecule has 1 amide bonds.